The summed E-state index contributed by atoms with van der Waals surface area (Å²) in [5.74, 6) is 0.827. The van der Waals surface area contributed by atoms with E-state index in [0.29, 0.717) is 0 Å². The van der Waals surface area contributed by atoms with Crippen LogP contribution in [0.1, 0.15) is 25.0 Å². The van der Waals surface area contributed by atoms with Gasteiger partial charge in [-0.05, 0) is 80.7 Å². The minimum Gasteiger partial charge on any atom is -0.454 e. The van der Waals surface area contributed by atoms with Gasteiger partial charge in [0.25, 0.3) is 0 Å². The summed E-state index contributed by atoms with van der Waals surface area (Å²) < 4.78 is 6.51. The average molecular weight is 655 g/mol. The van der Waals surface area contributed by atoms with Crippen LogP contribution >= 0.6 is 0 Å². The molecule has 0 fully saturated rings. The number of furan rings is 1. The summed E-state index contributed by atoms with van der Waals surface area (Å²) in [4.78, 5) is 7.47. The van der Waals surface area contributed by atoms with Gasteiger partial charge in [-0.25, -0.2) is 4.98 Å². The molecule has 0 unspecified atom stereocenters. The molecular weight excluding hydrogens is 621 g/mol. The maximum absolute atomic E-state index is 6.51. The highest BCUT2D eigenvalue weighted by Gasteiger charge is 2.37. The van der Waals surface area contributed by atoms with Crippen LogP contribution in [0.5, 0.6) is 0 Å². The first-order valence-corrected chi connectivity index (χ1v) is 17.5. The molecule has 0 radical (unpaired) electrons. The second-order valence-corrected chi connectivity index (χ2v) is 14.0. The quantitative estimate of drug-likeness (QED) is 0.185. The number of hydrogen-bond acceptors (Lipinski definition) is 3. The van der Waals surface area contributed by atoms with Crippen LogP contribution in [0.4, 0.5) is 17.2 Å². The van der Waals surface area contributed by atoms with Gasteiger partial charge in [0.1, 0.15) is 11.4 Å². The van der Waals surface area contributed by atoms with Crippen LogP contribution in [-0.2, 0) is 5.41 Å². The van der Waals surface area contributed by atoms with E-state index < -0.39 is 0 Å². The molecule has 0 saturated carbocycles. The zero-order chi connectivity index (χ0) is 34.1. The molecule has 0 bridgehead atoms. The number of anilines is 3. The fourth-order valence-electron chi connectivity index (χ4n) is 8.12. The summed E-state index contributed by atoms with van der Waals surface area (Å²) in [6.45, 7) is 4.69. The van der Waals surface area contributed by atoms with Crippen molar-refractivity contribution >= 4 is 49.9 Å². The normalized spacial score (nSPS) is 13.1. The predicted octanol–water partition coefficient (Wildman–Crippen LogP) is 13.2. The van der Waals surface area contributed by atoms with Crippen LogP contribution in [0.3, 0.4) is 0 Å². The molecule has 242 valence electrons. The number of benzene rings is 7. The zero-order valence-corrected chi connectivity index (χ0v) is 28.5. The van der Waals surface area contributed by atoms with Crippen LogP contribution in [0.15, 0.2) is 174 Å². The van der Waals surface area contributed by atoms with Gasteiger partial charge in [0.05, 0.1) is 11.9 Å². The van der Waals surface area contributed by atoms with E-state index in [2.05, 4.69) is 183 Å². The number of fused-ring (bicyclic) bond motifs is 8. The Bertz CT molecular complexity index is 2760. The lowest BCUT2D eigenvalue weighted by Gasteiger charge is -2.29. The van der Waals surface area contributed by atoms with Crippen molar-refractivity contribution in [1.29, 1.82) is 0 Å². The highest BCUT2D eigenvalue weighted by atomic mass is 16.3. The van der Waals surface area contributed by atoms with Crippen molar-refractivity contribution in [3.8, 4) is 33.4 Å². The van der Waals surface area contributed by atoms with Gasteiger partial charge in [-0.1, -0.05) is 141 Å². The molecule has 10 rings (SSSR count). The summed E-state index contributed by atoms with van der Waals surface area (Å²) in [7, 11) is 0. The molecule has 0 spiro atoms. The Morgan fingerprint density at radius 3 is 2.00 bits per heavy atom. The number of pyridine rings is 1. The van der Waals surface area contributed by atoms with Crippen molar-refractivity contribution in [3.63, 3.8) is 0 Å². The highest BCUT2D eigenvalue weighted by Crippen LogP contribution is 2.53. The fourth-order valence-corrected chi connectivity index (χ4v) is 8.12. The first kappa shape index (κ1) is 29.5. The highest BCUT2D eigenvalue weighted by molar-refractivity contribution is 6.15. The van der Waals surface area contributed by atoms with Gasteiger partial charge in [-0.2, -0.15) is 0 Å². The molecule has 0 atom stereocenters. The van der Waals surface area contributed by atoms with Crippen molar-refractivity contribution in [2.75, 3.05) is 4.90 Å². The Morgan fingerprint density at radius 2 is 1.20 bits per heavy atom. The Hall–Kier alpha value is -6.45. The summed E-state index contributed by atoms with van der Waals surface area (Å²) in [6.07, 6.45) is 1.89. The van der Waals surface area contributed by atoms with Crippen molar-refractivity contribution in [2.24, 2.45) is 0 Å². The molecular formula is C48H34N2O. The van der Waals surface area contributed by atoms with E-state index in [9.17, 15) is 0 Å². The van der Waals surface area contributed by atoms with Gasteiger partial charge in [0.15, 0.2) is 5.58 Å². The van der Waals surface area contributed by atoms with Crippen molar-refractivity contribution in [1.82, 2.24) is 4.98 Å². The topological polar surface area (TPSA) is 29.3 Å². The predicted molar refractivity (Wildman–Crippen MR) is 212 cm³/mol. The lowest BCUT2D eigenvalue weighted by Crippen LogP contribution is -2.16. The molecule has 3 heteroatoms. The summed E-state index contributed by atoms with van der Waals surface area (Å²) in [5.41, 5.74) is 13.6. The van der Waals surface area contributed by atoms with Gasteiger partial charge < -0.3 is 4.42 Å². The van der Waals surface area contributed by atoms with Gasteiger partial charge in [-0.15, -0.1) is 0 Å². The number of hydrogen-bond donors (Lipinski definition) is 0. The molecule has 1 aliphatic carbocycles. The summed E-state index contributed by atoms with van der Waals surface area (Å²) in [6, 6.07) is 58.8. The Morgan fingerprint density at radius 1 is 0.510 bits per heavy atom. The lowest BCUT2D eigenvalue weighted by atomic mass is 9.81. The van der Waals surface area contributed by atoms with Gasteiger partial charge >= 0.3 is 0 Å². The largest absolute Gasteiger partial charge is 0.454 e. The van der Waals surface area contributed by atoms with E-state index in [1.165, 1.54) is 33.4 Å². The third kappa shape index (κ3) is 4.62. The smallest absolute Gasteiger partial charge is 0.153 e. The first-order valence-electron chi connectivity index (χ1n) is 17.5. The van der Waals surface area contributed by atoms with Gasteiger partial charge in [0, 0.05) is 32.8 Å². The summed E-state index contributed by atoms with van der Waals surface area (Å²) in [5, 5.41) is 4.39. The zero-order valence-electron chi connectivity index (χ0n) is 28.5. The van der Waals surface area contributed by atoms with Gasteiger partial charge in [-0.3, -0.25) is 4.90 Å². The van der Waals surface area contributed by atoms with Crippen LogP contribution in [0.25, 0.3) is 66.1 Å². The van der Waals surface area contributed by atoms with E-state index in [0.717, 1.165) is 61.0 Å². The first-order chi connectivity index (χ1) is 25.0. The Balaban J connectivity index is 1.25. The van der Waals surface area contributed by atoms with Crippen molar-refractivity contribution < 1.29 is 4.42 Å². The van der Waals surface area contributed by atoms with E-state index in [1.807, 2.05) is 6.20 Å². The molecule has 0 saturated heterocycles. The fraction of sp³-hybridized carbons (Fsp3) is 0.0625. The molecule has 51 heavy (non-hydrogen) atoms. The van der Waals surface area contributed by atoms with Crippen molar-refractivity contribution in [3.05, 3.63) is 181 Å². The van der Waals surface area contributed by atoms with Crippen molar-refractivity contribution in [2.45, 2.75) is 19.3 Å². The van der Waals surface area contributed by atoms with E-state index in [4.69, 9.17) is 9.40 Å². The summed E-state index contributed by atoms with van der Waals surface area (Å²) >= 11 is 0. The van der Waals surface area contributed by atoms with Crippen LogP contribution in [0, 0.1) is 0 Å². The molecule has 2 aromatic heterocycles. The second kappa shape index (κ2) is 11.3. The monoisotopic (exact) mass is 654 g/mol. The maximum Gasteiger partial charge on any atom is 0.153 e. The standard InChI is InChI=1S/C48H34N2O/c1-48(2)42-20-12-11-19-37(42)40-28-44(39(27-43(40)48)33-15-7-4-8-16-33)50(35-24-21-32(22-25-35)31-13-5-3-6-14-31)46-29-41-38-26-23-34-17-9-10-18-36(34)47(38)51-45(41)30-49-46/h3-30H,1-2H3. The van der Waals surface area contributed by atoms with Crippen LogP contribution in [-0.4, -0.2) is 4.98 Å². The minimum atomic E-state index is -0.133. The molecule has 0 amide bonds. The average Bonchev–Trinajstić information content (AvgIpc) is 3.67. The lowest BCUT2D eigenvalue weighted by molar-refractivity contribution is 0.660. The third-order valence-electron chi connectivity index (χ3n) is 10.7. The van der Waals surface area contributed by atoms with E-state index >= 15 is 0 Å². The van der Waals surface area contributed by atoms with Gasteiger partial charge in [0.2, 0.25) is 0 Å². The second-order valence-electron chi connectivity index (χ2n) is 14.0. The molecule has 2 heterocycles. The third-order valence-corrected chi connectivity index (χ3v) is 10.7. The van der Waals surface area contributed by atoms with E-state index in [-0.39, 0.29) is 5.41 Å². The Labute approximate surface area is 297 Å². The maximum atomic E-state index is 6.51. The molecule has 0 aliphatic heterocycles. The Kier molecular flexibility index (Phi) is 6.53. The SMILES string of the molecule is CC1(C)c2ccccc2-c2cc(N(c3ccc(-c4ccccc4)cc3)c3cc4c(cn3)oc3c5ccccc5ccc43)c(-c3ccccc3)cc21. The molecule has 1 aliphatic rings. The molecule has 3 nitrogen and oxygen atoms in total. The van der Waals surface area contributed by atoms with E-state index in [1.54, 1.807) is 0 Å². The van der Waals surface area contributed by atoms with Crippen LogP contribution < -0.4 is 4.90 Å². The van der Waals surface area contributed by atoms with Crippen LogP contribution in [0.2, 0.25) is 0 Å². The molecule has 9 aromatic rings. The number of aromatic nitrogens is 1. The molecule has 0 N–H and O–H groups in total. The number of nitrogens with zero attached hydrogens (tertiary/aromatic N) is 2. The number of rotatable bonds is 5. The molecule has 7 aromatic carbocycles. The minimum absolute atomic E-state index is 0.133.